The van der Waals surface area contributed by atoms with Crippen molar-refractivity contribution in [3.63, 3.8) is 0 Å². The fourth-order valence-electron chi connectivity index (χ4n) is 2.09. The summed E-state index contributed by atoms with van der Waals surface area (Å²) in [5.74, 6) is 0.484. The van der Waals surface area contributed by atoms with Gasteiger partial charge in [-0.3, -0.25) is 4.68 Å². The molecule has 1 aromatic heterocycles. The van der Waals surface area contributed by atoms with Crippen LogP contribution in [-0.4, -0.2) is 15.3 Å². The summed E-state index contributed by atoms with van der Waals surface area (Å²) in [5, 5.41) is 4.47. The number of aromatic nitrogens is 2. The van der Waals surface area contributed by atoms with Crippen molar-refractivity contribution < 1.29 is 0 Å². The van der Waals surface area contributed by atoms with E-state index in [2.05, 4.69) is 43.5 Å². The van der Waals surface area contributed by atoms with Gasteiger partial charge in [0.25, 0.3) is 0 Å². The van der Waals surface area contributed by atoms with E-state index in [-0.39, 0.29) is 5.54 Å². The van der Waals surface area contributed by atoms with E-state index in [1.165, 1.54) is 5.69 Å². The van der Waals surface area contributed by atoms with E-state index in [1.54, 1.807) is 0 Å². The van der Waals surface area contributed by atoms with Gasteiger partial charge in [-0.1, -0.05) is 20.8 Å². The molecule has 0 fully saturated rings. The number of hydrogen-bond acceptors (Lipinski definition) is 2. The van der Waals surface area contributed by atoms with Crippen LogP contribution in [0.1, 0.15) is 45.5 Å². The van der Waals surface area contributed by atoms with Crippen molar-refractivity contribution in [3.05, 3.63) is 17.5 Å². The van der Waals surface area contributed by atoms with Crippen LogP contribution < -0.4 is 5.73 Å². The minimum atomic E-state index is -0.112. The molecular weight excluding hydrogens is 198 g/mol. The zero-order valence-electron chi connectivity index (χ0n) is 11.2. The summed E-state index contributed by atoms with van der Waals surface area (Å²) in [6, 6.07) is 2.16. The molecule has 3 nitrogen and oxygen atoms in total. The smallest absolute Gasteiger partial charge is 0.0596 e. The second kappa shape index (κ2) is 5.00. The van der Waals surface area contributed by atoms with Crippen LogP contribution in [0.15, 0.2) is 6.07 Å². The molecule has 0 saturated carbocycles. The molecule has 16 heavy (non-hydrogen) atoms. The Morgan fingerprint density at radius 1 is 1.44 bits per heavy atom. The van der Waals surface area contributed by atoms with Gasteiger partial charge in [-0.15, -0.1) is 0 Å². The number of nitrogens with two attached hydrogens (primary N) is 1. The van der Waals surface area contributed by atoms with Crippen LogP contribution in [0.3, 0.4) is 0 Å². The molecule has 92 valence electrons. The molecule has 0 bridgehead atoms. The van der Waals surface area contributed by atoms with Crippen molar-refractivity contribution in [1.82, 2.24) is 9.78 Å². The summed E-state index contributed by atoms with van der Waals surface area (Å²) in [6.45, 7) is 11.6. The normalized spacial score (nSPS) is 15.4. The highest BCUT2D eigenvalue weighted by molar-refractivity contribution is 5.13. The molecule has 0 aliphatic carbocycles. The lowest BCUT2D eigenvalue weighted by atomic mass is 9.81. The van der Waals surface area contributed by atoms with E-state index in [0.717, 1.165) is 25.1 Å². The van der Waals surface area contributed by atoms with Gasteiger partial charge in [0.2, 0.25) is 0 Å². The Bertz CT molecular complexity index is 341. The zero-order chi connectivity index (χ0) is 12.3. The molecule has 1 atom stereocenters. The molecule has 0 aromatic carbocycles. The summed E-state index contributed by atoms with van der Waals surface area (Å²) in [6.07, 6.45) is 1.91. The third-order valence-electron chi connectivity index (χ3n) is 3.60. The highest BCUT2D eigenvalue weighted by atomic mass is 15.3. The van der Waals surface area contributed by atoms with Gasteiger partial charge in [0, 0.05) is 24.2 Å². The van der Waals surface area contributed by atoms with Crippen molar-refractivity contribution in [2.24, 2.45) is 11.7 Å². The highest BCUT2D eigenvalue weighted by Crippen LogP contribution is 2.23. The number of hydrogen-bond donors (Lipinski definition) is 1. The summed E-state index contributed by atoms with van der Waals surface area (Å²) < 4.78 is 2.06. The standard InChI is InChI=1S/C13H25N3/c1-6-13(14,10(3)4)9-12-8-11(5)15-16(12)7-2/h8,10H,6-7,9,14H2,1-5H3. The number of rotatable bonds is 5. The SMILES string of the molecule is CCn1nc(C)cc1CC(N)(CC)C(C)C. The van der Waals surface area contributed by atoms with Crippen molar-refractivity contribution in [3.8, 4) is 0 Å². The molecule has 1 rings (SSSR count). The molecule has 2 N–H and O–H groups in total. The van der Waals surface area contributed by atoms with Gasteiger partial charge in [-0.25, -0.2) is 0 Å². The van der Waals surface area contributed by atoms with Crippen LogP contribution >= 0.6 is 0 Å². The van der Waals surface area contributed by atoms with Crippen LogP contribution in [0, 0.1) is 12.8 Å². The topological polar surface area (TPSA) is 43.8 Å². The zero-order valence-corrected chi connectivity index (χ0v) is 11.2. The van der Waals surface area contributed by atoms with E-state index in [1.807, 2.05) is 6.92 Å². The Morgan fingerprint density at radius 2 is 2.06 bits per heavy atom. The van der Waals surface area contributed by atoms with Gasteiger partial charge >= 0.3 is 0 Å². The lowest BCUT2D eigenvalue weighted by Gasteiger charge is -2.32. The van der Waals surface area contributed by atoms with Crippen LogP contribution in [0.2, 0.25) is 0 Å². The number of aryl methyl sites for hydroxylation is 2. The van der Waals surface area contributed by atoms with Crippen molar-refractivity contribution in [2.45, 2.75) is 59.5 Å². The van der Waals surface area contributed by atoms with Gasteiger partial charge in [0.1, 0.15) is 0 Å². The Morgan fingerprint density at radius 3 is 2.50 bits per heavy atom. The Labute approximate surface area is 99.0 Å². The Balaban J connectivity index is 2.93. The van der Waals surface area contributed by atoms with Gasteiger partial charge in [0.05, 0.1) is 5.69 Å². The molecule has 1 heterocycles. The molecule has 0 aliphatic heterocycles. The van der Waals surface area contributed by atoms with E-state index in [0.29, 0.717) is 5.92 Å². The molecule has 0 spiro atoms. The maximum Gasteiger partial charge on any atom is 0.0596 e. The molecule has 0 radical (unpaired) electrons. The average molecular weight is 223 g/mol. The Hall–Kier alpha value is -0.830. The third-order valence-corrected chi connectivity index (χ3v) is 3.60. The molecular formula is C13H25N3. The monoisotopic (exact) mass is 223 g/mol. The second-order valence-corrected chi connectivity index (χ2v) is 5.01. The molecule has 1 aromatic rings. The Kier molecular flexibility index (Phi) is 4.14. The van der Waals surface area contributed by atoms with Gasteiger partial charge in [0.15, 0.2) is 0 Å². The number of nitrogens with zero attached hydrogens (tertiary/aromatic N) is 2. The fraction of sp³-hybridized carbons (Fsp3) is 0.769. The summed E-state index contributed by atoms with van der Waals surface area (Å²) >= 11 is 0. The van der Waals surface area contributed by atoms with E-state index >= 15 is 0 Å². The fourth-order valence-corrected chi connectivity index (χ4v) is 2.09. The van der Waals surface area contributed by atoms with E-state index in [9.17, 15) is 0 Å². The average Bonchev–Trinajstić information content (AvgIpc) is 2.58. The van der Waals surface area contributed by atoms with Gasteiger partial charge < -0.3 is 5.73 Å². The minimum absolute atomic E-state index is 0.112. The first-order valence-corrected chi connectivity index (χ1v) is 6.25. The lowest BCUT2D eigenvalue weighted by molar-refractivity contribution is 0.289. The van der Waals surface area contributed by atoms with Crippen LogP contribution in [0.5, 0.6) is 0 Å². The summed E-state index contributed by atoms with van der Waals surface area (Å²) in [7, 11) is 0. The molecule has 0 aliphatic rings. The van der Waals surface area contributed by atoms with Crippen molar-refractivity contribution in [2.75, 3.05) is 0 Å². The van der Waals surface area contributed by atoms with Crippen LogP contribution in [0.4, 0.5) is 0 Å². The van der Waals surface area contributed by atoms with Crippen molar-refractivity contribution >= 4 is 0 Å². The maximum absolute atomic E-state index is 6.46. The maximum atomic E-state index is 6.46. The first-order valence-electron chi connectivity index (χ1n) is 6.25. The molecule has 1 unspecified atom stereocenters. The van der Waals surface area contributed by atoms with Crippen LogP contribution in [-0.2, 0) is 13.0 Å². The van der Waals surface area contributed by atoms with Crippen molar-refractivity contribution in [1.29, 1.82) is 0 Å². The molecule has 0 amide bonds. The summed E-state index contributed by atoms with van der Waals surface area (Å²) in [4.78, 5) is 0. The highest BCUT2D eigenvalue weighted by Gasteiger charge is 2.28. The van der Waals surface area contributed by atoms with Gasteiger partial charge in [-0.05, 0) is 32.3 Å². The quantitative estimate of drug-likeness (QED) is 0.833. The largest absolute Gasteiger partial charge is 0.325 e. The van der Waals surface area contributed by atoms with E-state index in [4.69, 9.17) is 5.73 Å². The van der Waals surface area contributed by atoms with Crippen LogP contribution in [0.25, 0.3) is 0 Å². The first-order chi connectivity index (χ1) is 7.42. The first kappa shape index (κ1) is 13.2. The third kappa shape index (κ3) is 2.64. The summed E-state index contributed by atoms with van der Waals surface area (Å²) in [5.41, 5.74) is 8.70. The lowest BCUT2D eigenvalue weighted by Crippen LogP contribution is -2.47. The van der Waals surface area contributed by atoms with E-state index < -0.39 is 0 Å². The molecule has 0 saturated heterocycles. The predicted molar refractivity (Wildman–Crippen MR) is 68.4 cm³/mol. The molecule has 3 heteroatoms. The minimum Gasteiger partial charge on any atom is -0.325 e. The van der Waals surface area contributed by atoms with Gasteiger partial charge in [-0.2, -0.15) is 5.10 Å². The predicted octanol–water partition coefficient (Wildman–Crippen LogP) is 2.52. The second-order valence-electron chi connectivity index (χ2n) is 5.01.